The number of hydrogen-bond donors (Lipinski definition) is 0. The molecule has 8 nitrogen and oxygen atoms in total. The summed E-state index contributed by atoms with van der Waals surface area (Å²) in [5.74, 6) is -0.221. The Hall–Kier alpha value is -2.13. The van der Waals surface area contributed by atoms with Crippen LogP contribution < -0.4 is 0 Å². The maximum Gasteiger partial charge on any atom is 0.409 e. The fourth-order valence-corrected chi connectivity index (χ4v) is 5.34. The topological polar surface area (TPSA) is 87.2 Å². The highest BCUT2D eigenvalue weighted by atomic mass is 32.2. The van der Waals surface area contributed by atoms with Crippen molar-refractivity contribution in [3.8, 4) is 0 Å². The average Bonchev–Trinajstić information content (AvgIpc) is 3.24. The summed E-state index contributed by atoms with van der Waals surface area (Å²) in [5.41, 5.74) is 0.989. The molecular weight excluding hydrogens is 382 g/mol. The normalized spacial score (nSPS) is 18.4. The Kier molecular flexibility index (Phi) is 6.24. The zero-order chi connectivity index (χ0) is 20.3. The van der Waals surface area contributed by atoms with E-state index in [1.807, 2.05) is 0 Å². The largest absolute Gasteiger partial charge is 0.450 e. The Morgan fingerprint density at radius 1 is 1.00 bits per heavy atom. The predicted molar refractivity (Wildman–Crippen MR) is 104 cm³/mol. The first-order valence-electron chi connectivity index (χ1n) is 9.66. The summed E-state index contributed by atoms with van der Waals surface area (Å²) in [7, 11) is -3.59. The molecule has 2 aliphatic rings. The number of ether oxygens (including phenoxy) is 1. The fraction of sp³-hybridized carbons (Fsp3) is 0.579. The lowest BCUT2D eigenvalue weighted by atomic mass is 10.1. The highest BCUT2D eigenvalue weighted by Gasteiger charge is 2.30. The van der Waals surface area contributed by atoms with Gasteiger partial charge in [-0.05, 0) is 44.4 Å². The van der Waals surface area contributed by atoms with Gasteiger partial charge in [-0.2, -0.15) is 4.31 Å². The number of aryl methyl sites for hydroxylation is 1. The van der Waals surface area contributed by atoms with E-state index in [0.717, 1.165) is 12.8 Å². The molecule has 1 aromatic rings. The summed E-state index contributed by atoms with van der Waals surface area (Å²) in [5, 5.41) is 0. The number of hydrogen-bond acceptors (Lipinski definition) is 5. The van der Waals surface area contributed by atoms with Gasteiger partial charge in [-0.15, -0.1) is 0 Å². The number of benzene rings is 1. The van der Waals surface area contributed by atoms with Crippen molar-refractivity contribution in [1.29, 1.82) is 0 Å². The molecule has 2 aliphatic heterocycles. The summed E-state index contributed by atoms with van der Waals surface area (Å²) in [6, 6.07) is 4.84. The molecule has 1 aromatic carbocycles. The third-order valence-electron chi connectivity index (χ3n) is 5.21. The summed E-state index contributed by atoms with van der Waals surface area (Å²) in [6.45, 7) is 6.43. The lowest BCUT2D eigenvalue weighted by molar-refractivity contribution is 0.0570. The van der Waals surface area contributed by atoms with E-state index < -0.39 is 10.0 Å². The van der Waals surface area contributed by atoms with E-state index in [9.17, 15) is 18.0 Å². The zero-order valence-electron chi connectivity index (χ0n) is 16.4. The van der Waals surface area contributed by atoms with Crippen LogP contribution in [0.1, 0.15) is 35.7 Å². The van der Waals surface area contributed by atoms with Gasteiger partial charge in [0, 0.05) is 44.8 Å². The van der Waals surface area contributed by atoms with Crippen LogP contribution in [-0.4, -0.2) is 80.4 Å². The maximum atomic E-state index is 12.9. The third-order valence-corrected chi connectivity index (χ3v) is 7.25. The molecule has 0 radical (unpaired) electrons. The van der Waals surface area contributed by atoms with E-state index in [4.69, 9.17) is 4.74 Å². The second kappa shape index (κ2) is 8.48. The van der Waals surface area contributed by atoms with Crippen molar-refractivity contribution in [3.63, 3.8) is 0 Å². The predicted octanol–water partition coefficient (Wildman–Crippen LogP) is 1.69. The molecule has 28 heavy (non-hydrogen) atoms. The molecule has 2 amide bonds. The van der Waals surface area contributed by atoms with Gasteiger partial charge in [-0.3, -0.25) is 4.79 Å². The first-order chi connectivity index (χ1) is 13.3. The SMILES string of the molecule is CCOC(=O)N1CCN(C(=O)c2ccc(C)c(S(=O)(=O)N3CCCC3)c2)CC1. The minimum atomic E-state index is -3.59. The van der Waals surface area contributed by atoms with E-state index in [0.29, 0.717) is 57.0 Å². The minimum Gasteiger partial charge on any atom is -0.450 e. The van der Waals surface area contributed by atoms with Crippen molar-refractivity contribution < 1.29 is 22.7 Å². The first-order valence-corrected chi connectivity index (χ1v) is 11.1. The molecule has 0 N–H and O–H groups in total. The van der Waals surface area contributed by atoms with Gasteiger partial charge in [0.25, 0.3) is 5.91 Å². The Labute approximate surface area is 166 Å². The van der Waals surface area contributed by atoms with Crippen molar-refractivity contribution in [3.05, 3.63) is 29.3 Å². The summed E-state index contributed by atoms with van der Waals surface area (Å²) in [4.78, 5) is 28.1. The van der Waals surface area contributed by atoms with Gasteiger partial charge >= 0.3 is 6.09 Å². The maximum absolute atomic E-state index is 12.9. The number of sulfonamides is 1. The van der Waals surface area contributed by atoms with Gasteiger partial charge in [-0.25, -0.2) is 13.2 Å². The van der Waals surface area contributed by atoms with Crippen molar-refractivity contribution in [1.82, 2.24) is 14.1 Å². The Balaban J connectivity index is 1.74. The first kappa shape index (κ1) is 20.6. The van der Waals surface area contributed by atoms with Gasteiger partial charge < -0.3 is 14.5 Å². The molecule has 2 fully saturated rings. The monoisotopic (exact) mass is 409 g/mol. The van der Waals surface area contributed by atoms with Crippen molar-refractivity contribution in [2.45, 2.75) is 31.6 Å². The summed E-state index contributed by atoms with van der Waals surface area (Å²) < 4.78 is 32.3. The van der Waals surface area contributed by atoms with Crippen LogP contribution in [0.3, 0.4) is 0 Å². The van der Waals surface area contributed by atoms with Crippen LogP contribution >= 0.6 is 0 Å². The summed E-state index contributed by atoms with van der Waals surface area (Å²) in [6.07, 6.45) is 1.35. The second-order valence-electron chi connectivity index (χ2n) is 7.07. The van der Waals surface area contributed by atoms with Crippen LogP contribution in [0.2, 0.25) is 0 Å². The van der Waals surface area contributed by atoms with E-state index in [1.54, 1.807) is 35.8 Å². The van der Waals surface area contributed by atoms with E-state index in [2.05, 4.69) is 0 Å². The highest BCUT2D eigenvalue weighted by molar-refractivity contribution is 7.89. The van der Waals surface area contributed by atoms with Gasteiger partial charge in [0.1, 0.15) is 0 Å². The number of amides is 2. The molecule has 3 rings (SSSR count). The quantitative estimate of drug-likeness (QED) is 0.755. The zero-order valence-corrected chi connectivity index (χ0v) is 17.2. The average molecular weight is 410 g/mol. The van der Waals surface area contributed by atoms with E-state index >= 15 is 0 Å². The summed E-state index contributed by atoms with van der Waals surface area (Å²) >= 11 is 0. The van der Waals surface area contributed by atoms with Crippen LogP contribution in [0.5, 0.6) is 0 Å². The van der Waals surface area contributed by atoms with Crippen molar-refractivity contribution >= 4 is 22.0 Å². The van der Waals surface area contributed by atoms with Crippen molar-refractivity contribution in [2.24, 2.45) is 0 Å². The molecular formula is C19H27N3O5S. The highest BCUT2D eigenvalue weighted by Crippen LogP contribution is 2.25. The lowest BCUT2D eigenvalue weighted by Gasteiger charge is -2.34. The smallest absolute Gasteiger partial charge is 0.409 e. The Bertz CT molecular complexity index is 841. The number of rotatable bonds is 4. The van der Waals surface area contributed by atoms with Gasteiger partial charge in [0.05, 0.1) is 11.5 Å². The molecule has 2 saturated heterocycles. The third kappa shape index (κ3) is 4.15. The number of nitrogens with zero attached hydrogens (tertiary/aromatic N) is 3. The Morgan fingerprint density at radius 2 is 1.61 bits per heavy atom. The molecule has 0 saturated carbocycles. The van der Waals surface area contributed by atoms with E-state index in [-0.39, 0.29) is 16.9 Å². The molecule has 9 heteroatoms. The molecule has 0 aromatic heterocycles. The van der Waals surface area contributed by atoms with Crippen molar-refractivity contribution in [2.75, 3.05) is 45.9 Å². The molecule has 2 heterocycles. The molecule has 0 aliphatic carbocycles. The standard InChI is InChI=1S/C19H27N3O5S/c1-3-27-19(24)21-12-10-20(11-13-21)18(23)16-7-6-15(2)17(14-16)28(25,26)22-8-4-5-9-22/h6-7,14H,3-5,8-13H2,1-2H3. The van der Waals surface area contributed by atoms with Gasteiger partial charge in [0.2, 0.25) is 10.0 Å². The molecule has 0 bridgehead atoms. The van der Waals surface area contributed by atoms with Crippen LogP contribution in [0.4, 0.5) is 4.79 Å². The molecule has 0 spiro atoms. The Morgan fingerprint density at radius 3 is 2.21 bits per heavy atom. The number of piperazine rings is 1. The van der Waals surface area contributed by atoms with Gasteiger partial charge in [-0.1, -0.05) is 6.07 Å². The van der Waals surface area contributed by atoms with Crippen LogP contribution in [0.25, 0.3) is 0 Å². The number of carbonyl (C=O) groups excluding carboxylic acids is 2. The van der Waals surface area contributed by atoms with Gasteiger partial charge in [0.15, 0.2) is 0 Å². The molecule has 0 unspecified atom stereocenters. The van der Waals surface area contributed by atoms with Crippen LogP contribution in [0, 0.1) is 6.92 Å². The minimum absolute atomic E-state index is 0.199. The molecule has 0 atom stereocenters. The fourth-order valence-electron chi connectivity index (χ4n) is 3.57. The molecule has 154 valence electrons. The lowest BCUT2D eigenvalue weighted by Crippen LogP contribution is -2.50. The van der Waals surface area contributed by atoms with E-state index in [1.165, 1.54) is 10.4 Å². The van der Waals surface area contributed by atoms with Crippen LogP contribution in [-0.2, 0) is 14.8 Å². The van der Waals surface area contributed by atoms with Crippen LogP contribution in [0.15, 0.2) is 23.1 Å². The second-order valence-corrected chi connectivity index (χ2v) is 8.98. The number of carbonyl (C=O) groups is 2.